The van der Waals surface area contributed by atoms with Gasteiger partial charge in [0.2, 0.25) is 0 Å². The number of aromatic nitrogens is 2. The lowest BCUT2D eigenvalue weighted by atomic mass is 10.2. The molecule has 0 atom stereocenters. The van der Waals surface area contributed by atoms with Gasteiger partial charge in [-0.05, 0) is 36.6 Å². The first kappa shape index (κ1) is 15.6. The molecule has 0 amide bonds. The van der Waals surface area contributed by atoms with Crippen molar-refractivity contribution in [3.63, 3.8) is 0 Å². The molecule has 0 bridgehead atoms. The lowest BCUT2D eigenvalue weighted by Gasteiger charge is -2.02. The fraction of sp³-hybridized carbons (Fsp3) is 0.333. The van der Waals surface area contributed by atoms with Crippen molar-refractivity contribution in [2.45, 2.75) is 26.7 Å². The molecule has 0 unspecified atom stereocenters. The average molecular weight is 299 g/mol. The van der Waals surface area contributed by atoms with Crippen LogP contribution >= 0.6 is 0 Å². The van der Waals surface area contributed by atoms with Gasteiger partial charge in [0.15, 0.2) is 0 Å². The Morgan fingerprint density at radius 1 is 1.59 bits per heavy atom. The summed E-state index contributed by atoms with van der Waals surface area (Å²) >= 11 is 0. The van der Waals surface area contributed by atoms with E-state index in [1.165, 1.54) is 6.08 Å². The first-order valence-corrected chi connectivity index (χ1v) is 6.98. The van der Waals surface area contributed by atoms with E-state index in [9.17, 15) is 4.79 Å². The van der Waals surface area contributed by atoms with E-state index in [1.54, 1.807) is 13.0 Å². The highest BCUT2D eigenvalue weighted by Gasteiger charge is 2.12. The molecule has 0 fully saturated rings. The number of nitrogens with zero attached hydrogens (tertiary/aromatic N) is 5. The van der Waals surface area contributed by atoms with Crippen LogP contribution in [-0.4, -0.2) is 22.0 Å². The van der Waals surface area contributed by atoms with Gasteiger partial charge in [-0.15, -0.1) is 0 Å². The summed E-state index contributed by atoms with van der Waals surface area (Å²) in [6, 6.07) is 3.64. The summed E-state index contributed by atoms with van der Waals surface area (Å²) < 4.78 is 6.76. The summed E-state index contributed by atoms with van der Waals surface area (Å²) in [5.74, 6) is -0.365. The van der Waals surface area contributed by atoms with Crippen molar-refractivity contribution in [2.24, 2.45) is 5.11 Å². The van der Waals surface area contributed by atoms with Crippen molar-refractivity contribution in [1.29, 1.82) is 0 Å². The highest BCUT2D eigenvalue weighted by Crippen LogP contribution is 2.19. The van der Waals surface area contributed by atoms with Crippen LogP contribution in [0.5, 0.6) is 0 Å². The normalized spacial score (nSPS) is 11.5. The van der Waals surface area contributed by atoms with Gasteiger partial charge in [0.05, 0.1) is 12.3 Å². The molecule has 7 nitrogen and oxygen atoms in total. The van der Waals surface area contributed by atoms with Crippen LogP contribution in [0, 0.1) is 0 Å². The van der Waals surface area contributed by atoms with Gasteiger partial charge in [0.25, 0.3) is 0 Å². The van der Waals surface area contributed by atoms with E-state index in [2.05, 4.69) is 28.9 Å². The Balaban J connectivity index is 2.54. The molecule has 0 aliphatic carbocycles. The largest absolute Gasteiger partial charge is 0.462 e. The molecule has 2 aromatic heterocycles. The number of esters is 1. The molecule has 0 aliphatic heterocycles. The first-order chi connectivity index (χ1) is 10.6. The van der Waals surface area contributed by atoms with Gasteiger partial charge in [-0.1, -0.05) is 19.0 Å². The fourth-order valence-corrected chi connectivity index (χ4v) is 1.97. The van der Waals surface area contributed by atoms with Crippen molar-refractivity contribution in [1.82, 2.24) is 9.38 Å². The molecule has 0 saturated carbocycles. The van der Waals surface area contributed by atoms with E-state index in [1.807, 2.05) is 22.9 Å². The standard InChI is InChI=1S/C15H17N5O2/c1-4-22-15(21)12(18-19-16)8-11-6-5-7-20-9-13(10(2)3)17-14(11)20/h5-10H,4H2,1-3H3. The van der Waals surface area contributed by atoms with Crippen LogP contribution in [0.3, 0.4) is 0 Å². The van der Waals surface area contributed by atoms with Crippen LogP contribution in [0.15, 0.2) is 35.3 Å². The van der Waals surface area contributed by atoms with E-state index in [-0.39, 0.29) is 12.3 Å². The molecule has 7 heteroatoms. The molecule has 0 saturated heterocycles. The van der Waals surface area contributed by atoms with Gasteiger partial charge in [-0.25, -0.2) is 9.78 Å². The maximum absolute atomic E-state index is 11.8. The van der Waals surface area contributed by atoms with Gasteiger partial charge in [0, 0.05) is 22.9 Å². The number of hydrogen-bond donors (Lipinski definition) is 0. The number of fused-ring (bicyclic) bond motifs is 1. The number of carbonyl (C=O) groups is 1. The second kappa shape index (κ2) is 6.78. The summed E-state index contributed by atoms with van der Waals surface area (Å²) in [6.45, 7) is 6.01. The fourth-order valence-electron chi connectivity index (χ4n) is 1.97. The van der Waals surface area contributed by atoms with Crippen molar-refractivity contribution in [3.05, 3.63) is 51.9 Å². The van der Waals surface area contributed by atoms with E-state index in [0.29, 0.717) is 17.1 Å². The predicted octanol–water partition coefficient (Wildman–Crippen LogP) is 3.67. The van der Waals surface area contributed by atoms with Gasteiger partial charge < -0.3 is 9.14 Å². The van der Waals surface area contributed by atoms with Crippen LogP contribution < -0.4 is 0 Å². The van der Waals surface area contributed by atoms with Crippen molar-refractivity contribution in [3.8, 4) is 0 Å². The molecule has 2 aromatic rings. The Labute approximate surface area is 127 Å². The summed E-state index contributed by atoms with van der Waals surface area (Å²) in [4.78, 5) is 19.0. The molecule has 0 aromatic carbocycles. The van der Waals surface area contributed by atoms with Crippen molar-refractivity contribution in [2.75, 3.05) is 6.61 Å². The minimum atomic E-state index is -0.655. The predicted molar refractivity (Wildman–Crippen MR) is 83.0 cm³/mol. The quantitative estimate of drug-likeness (QED) is 0.277. The molecule has 0 radical (unpaired) electrons. The third kappa shape index (κ3) is 3.27. The molecule has 0 N–H and O–H groups in total. The van der Waals surface area contributed by atoms with Crippen LogP contribution in [0.4, 0.5) is 0 Å². The number of carbonyl (C=O) groups excluding carboxylic acids is 1. The van der Waals surface area contributed by atoms with Crippen LogP contribution in [0.1, 0.15) is 37.9 Å². The summed E-state index contributed by atoms with van der Waals surface area (Å²) in [5.41, 5.74) is 10.8. The van der Waals surface area contributed by atoms with Crippen molar-refractivity contribution >= 4 is 17.7 Å². The summed E-state index contributed by atoms with van der Waals surface area (Å²) in [5, 5.41) is 3.42. The smallest absolute Gasteiger partial charge is 0.340 e. The third-order valence-corrected chi connectivity index (χ3v) is 3.05. The Kier molecular flexibility index (Phi) is 4.80. The SMILES string of the molecule is CCOC(=O)C(=Cc1cccn2cc(C(C)C)nc12)N=[N+]=[N-]. The van der Waals surface area contributed by atoms with Crippen LogP contribution in [0.2, 0.25) is 0 Å². The van der Waals surface area contributed by atoms with E-state index < -0.39 is 5.97 Å². The monoisotopic (exact) mass is 299 g/mol. The van der Waals surface area contributed by atoms with Gasteiger partial charge in [-0.2, -0.15) is 0 Å². The van der Waals surface area contributed by atoms with Crippen LogP contribution in [-0.2, 0) is 9.53 Å². The molecule has 2 rings (SSSR count). The Morgan fingerprint density at radius 2 is 2.36 bits per heavy atom. The maximum Gasteiger partial charge on any atom is 0.340 e. The molecular weight excluding hydrogens is 282 g/mol. The zero-order valence-corrected chi connectivity index (χ0v) is 12.7. The topological polar surface area (TPSA) is 92.4 Å². The lowest BCUT2D eigenvalue weighted by molar-refractivity contribution is -0.138. The summed E-state index contributed by atoms with van der Waals surface area (Å²) in [6.07, 6.45) is 5.31. The Hall–Kier alpha value is -2.79. The zero-order valence-electron chi connectivity index (χ0n) is 12.7. The molecule has 2 heterocycles. The number of imidazole rings is 1. The first-order valence-electron chi connectivity index (χ1n) is 6.98. The Morgan fingerprint density at radius 3 is 3.00 bits per heavy atom. The van der Waals surface area contributed by atoms with E-state index in [4.69, 9.17) is 10.3 Å². The van der Waals surface area contributed by atoms with E-state index in [0.717, 1.165) is 5.69 Å². The lowest BCUT2D eigenvalue weighted by Crippen LogP contribution is -2.05. The highest BCUT2D eigenvalue weighted by molar-refractivity contribution is 5.94. The van der Waals surface area contributed by atoms with E-state index >= 15 is 0 Å². The molecule has 0 aliphatic rings. The molecule has 114 valence electrons. The van der Waals surface area contributed by atoms with Crippen LogP contribution in [0.25, 0.3) is 22.2 Å². The number of rotatable bonds is 5. The minimum Gasteiger partial charge on any atom is -0.462 e. The second-order valence-corrected chi connectivity index (χ2v) is 4.95. The van der Waals surface area contributed by atoms with Gasteiger partial charge in [-0.3, -0.25) is 0 Å². The molecule has 0 spiro atoms. The molecule has 22 heavy (non-hydrogen) atoms. The Bertz CT molecular complexity index is 769. The highest BCUT2D eigenvalue weighted by atomic mass is 16.5. The van der Waals surface area contributed by atoms with Crippen molar-refractivity contribution < 1.29 is 9.53 Å². The number of hydrogen-bond acceptors (Lipinski definition) is 4. The number of azide groups is 1. The average Bonchev–Trinajstić information content (AvgIpc) is 2.92. The maximum atomic E-state index is 11.8. The minimum absolute atomic E-state index is 0.0912. The number of ether oxygens (including phenoxy) is 1. The number of pyridine rings is 1. The molecular formula is C15H17N5O2. The second-order valence-electron chi connectivity index (χ2n) is 4.95. The van der Waals surface area contributed by atoms with Gasteiger partial charge >= 0.3 is 5.97 Å². The van der Waals surface area contributed by atoms with Gasteiger partial charge in [0.1, 0.15) is 11.3 Å². The third-order valence-electron chi connectivity index (χ3n) is 3.05. The summed E-state index contributed by atoms with van der Waals surface area (Å²) in [7, 11) is 0. The zero-order chi connectivity index (χ0) is 16.1.